The summed E-state index contributed by atoms with van der Waals surface area (Å²) in [6.45, 7) is 5.89. The number of nitro benzene ring substituents is 2. The van der Waals surface area contributed by atoms with Gasteiger partial charge in [-0.3, -0.25) is 34.6 Å². The molecule has 0 radical (unpaired) electrons. The normalized spacial score (nSPS) is 18.2. The van der Waals surface area contributed by atoms with Crippen molar-refractivity contribution in [3.63, 3.8) is 0 Å². The molecule has 2 N–H and O–H groups in total. The van der Waals surface area contributed by atoms with Crippen molar-refractivity contribution in [1.82, 2.24) is 9.80 Å². The van der Waals surface area contributed by atoms with Crippen molar-refractivity contribution in [2.45, 2.75) is 102 Å². The Balaban J connectivity index is 0.859. The lowest BCUT2D eigenvalue weighted by atomic mass is 9.85. The molecule has 8 rings (SSSR count). The van der Waals surface area contributed by atoms with Gasteiger partial charge < -0.3 is 30.2 Å². The molecule has 360 valence electrons. The maximum atomic E-state index is 15.9. The molecular weight excluding hydrogens is 875 g/mol. The van der Waals surface area contributed by atoms with Crippen LogP contribution in [-0.4, -0.2) is 102 Å². The van der Waals surface area contributed by atoms with E-state index in [0.29, 0.717) is 60.1 Å². The number of carbonyl (C=O) groups is 3. The van der Waals surface area contributed by atoms with E-state index in [2.05, 4.69) is 10.6 Å². The second-order valence-electron chi connectivity index (χ2n) is 18.8. The number of benzene rings is 4. The molecule has 17 heteroatoms. The molecule has 2 aliphatic heterocycles. The van der Waals surface area contributed by atoms with Gasteiger partial charge in [0.05, 0.1) is 32.3 Å². The summed E-state index contributed by atoms with van der Waals surface area (Å²) < 4.78 is 31.7. The quantitative estimate of drug-likeness (QED) is 0.0910. The smallest absolute Gasteiger partial charge is 0.270 e. The average Bonchev–Trinajstić information content (AvgIpc) is 3.36. The van der Waals surface area contributed by atoms with Crippen LogP contribution >= 0.6 is 0 Å². The SMILES string of the molecule is CC(C(=O)C(C)c1ccc(N2CCN(C(=O)c3cc([N+](=O)[O-])ccc3NC3CCCCC3)CC2)c(F)c1)c1ccc(N2CCN(C(=O)c3cc([N+](=O)[O-])ccc3NC3CCCCC3)CC2)c(F)c1. The van der Waals surface area contributed by atoms with Gasteiger partial charge in [-0.05, 0) is 73.2 Å². The summed E-state index contributed by atoms with van der Waals surface area (Å²) in [5.74, 6) is -3.26. The van der Waals surface area contributed by atoms with E-state index in [1.54, 1.807) is 60.0 Å². The lowest BCUT2D eigenvalue weighted by molar-refractivity contribution is -0.385. The van der Waals surface area contributed by atoms with Crippen LogP contribution in [0.15, 0.2) is 72.8 Å². The van der Waals surface area contributed by atoms with Crippen LogP contribution in [0.3, 0.4) is 0 Å². The van der Waals surface area contributed by atoms with E-state index in [1.807, 2.05) is 9.80 Å². The third-order valence-electron chi connectivity index (χ3n) is 14.4. The predicted octanol–water partition coefficient (Wildman–Crippen LogP) is 9.67. The van der Waals surface area contributed by atoms with Crippen LogP contribution < -0.4 is 20.4 Å². The third kappa shape index (κ3) is 10.7. The van der Waals surface area contributed by atoms with E-state index in [1.165, 1.54) is 36.4 Å². The number of ketones is 1. The number of anilines is 4. The number of amides is 2. The van der Waals surface area contributed by atoms with Gasteiger partial charge in [-0.25, -0.2) is 8.78 Å². The summed E-state index contributed by atoms with van der Waals surface area (Å²) in [6.07, 6.45) is 10.5. The van der Waals surface area contributed by atoms with Crippen LogP contribution in [0, 0.1) is 31.9 Å². The number of halogens is 2. The highest BCUT2D eigenvalue weighted by molar-refractivity contribution is 6.01. The Morgan fingerprint density at radius 1 is 0.544 bits per heavy atom. The van der Waals surface area contributed by atoms with Crippen molar-refractivity contribution < 1.29 is 33.0 Å². The number of carbonyl (C=O) groups excluding carboxylic acids is 3. The van der Waals surface area contributed by atoms with Crippen LogP contribution in [-0.2, 0) is 4.79 Å². The zero-order valence-corrected chi connectivity index (χ0v) is 38.8. The van der Waals surface area contributed by atoms with Crippen molar-refractivity contribution in [2.24, 2.45) is 0 Å². The van der Waals surface area contributed by atoms with Crippen molar-refractivity contribution in [3.05, 3.63) is 127 Å². The Morgan fingerprint density at radius 2 is 0.912 bits per heavy atom. The van der Waals surface area contributed by atoms with Gasteiger partial charge in [0.15, 0.2) is 0 Å². The second-order valence-corrected chi connectivity index (χ2v) is 18.8. The number of piperazine rings is 2. The zero-order valence-electron chi connectivity index (χ0n) is 38.8. The second kappa shape index (κ2) is 21.1. The number of hydrogen-bond acceptors (Lipinski definition) is 11. The first-order chi connectivity index (χ1) is 32.7. The van der Waals surface area contributed by atoms with Gasteiger partial charge in [0.1, 0.15) is 17.4 Å². The van der Waals surface area contributed by atoms with E-state index in [0.717, 1.165) is 64.2 Å². The van der Waals surface area contributed by atoms with E-state index in [-0.39, 0.29) is 78.4 Å². The molecule has 2 saturated heterocycles. The molecule has 4 aromatic rings. The van der Waals surface area contributed by atoms with Crippen LogP contribution in [0.1, 0.15) is 122 Å². The first-order valence-electron chi connectivity index (χ1n) is 24.1. The fourth-order valence-electron chi connectivity index (χ4n) is 10.3. The van der Waals surface area contributed by atoms with E-state index in [4.69, 9.17) is 0 Å². The van der Waals surface area contributed by atoms with E-state index in [9.17, 15) is 34.6 Å². The molecule has 2 saturated carbocycles. The number of rotatable bonds is 14. The Bertz CT molecular complexity index is 2360. The molecule has 0 bridgehead atoms. The highest BCUT2D eigenvalue weighted by atomic mass is 19.1. The number of nitrogens with one attached hydrogen (secondary N) is 2. The van der Waals surface area contributed by atoms with Gasteiger partial charge in [0.2, 0.25) is 0 Å². The highest BCUT2D eigenvalue weighted by Gasteiger charge is 2.31. The molecule has 68 heavy (non-hydrogen) atoms. The molecule has 0 spiro atoms. The highest BCUT2D eigenvalue weighted by Crippen LogP contribution is 2.34. The topological polar surface area (TPSA) is 175 Å². The van der Waals surface area contributed by atoms with Crippen LogP contribution in [0.2, 0.25) is 0 Å². The van der Waals surface area contributed by atoms with Gasteiger partial charge in [-0.15, -0.1) is 0 Å². The fourth-order valence-corrected chi connectivity index (χ4v) is 10.3. The van der Waals surface area contributed by atoms with Gasteiger partial charge >= 0.3 is 0 Å². The Kier molecular flexibility index (Phi) is 14.8. The molecule has 2 heterocycles. The zero-order chi connectivity index (χ0) is 48.1. The first kappa shape index (κ1) is 47.8. The molecule has 0 aromatic heterocycles. The summed E-state index contributed by atoms with van der Waals surface area (Å²) in [6, 6.07) is 18.5. The summed E-state index contributed by atoms with van der Waals surface area (Å²) in [7, 11) is 0. The minimum Gasteiger partial charge on any atom is -0.382 e. The first-order valence-corrected chi connectivity index (χ1v) is 24.1. The average molecular weight is 935 g/mol. The standard InChI is InChI=1S/C51H60F2N8O7/c1-33(35-13-19-47(43(52)29-35)56-21-25-58(26-22-56)50(63)41-31-39(60(65)66)15-17-45(41)54-37-9-5-3-6-10-37)49(62)34(2)36-14-20-48(44(53)30-36)57-23-27-59(28-24-57)51(64)42-32-40(61(67)68)16-18-46(42)55-38-11-7-4-8-12-38/h13-20,29-34,37-38,54-55H,3-12,21-28H2,1-2H3. The Hall–Kier alpha value is -6.65. The number of Topliss-reactive ketones (excluding diaryl/α,β-unsaturated/α-hetero) is 1. The maximum Gasteiger partial charge on any atom is 0.270 e. The molecule has 4 aliphatic rings. The molecule has 2 unspecified atom stereocenters. The number of hydrogen-bond donors (Lipinski definition) is 2. The largest absolute Gasteiger partial charge is 0.382 e. The fraction of sp³-hybridized carbons (Fsp3) is 0.471. The lowest BCUT2D eigenvalue weighted by Crippen LogP contribution is -2.49. The van der Waals surface area contributed by atoms with Gasteiger partial charge in [0, 0.05) is 112 Å². The minimum atomic E-state index is -0.702. The summed E-state index contributed by atoms with van der Waals surface area (Å²) in [5, 5.41) is 30.2. The molecule has 2 atom stereocenters. The van der Waals surface area contributed by atoms with Gasteiger partial charge in [-0.1, -0.05) is 64.5 Å². The maximum absolute atomic E-state index is 15.9. The molecule has 15 nitrogen and oxygen atoms in total. The molecule has 4 fully saturated rings. The summed E-state index contributed by atoms with van der Waals surface area (Å²) >= 11 is 0. The van der Waals surface area contributed by atoms with E-state index >= 15 is 8.78 Å². The molecular formula is C51H60F2N8O7. The summed E-state index contributed by atoms with van der Waals surface area (Å²) in [4.78, 5) is 70.7. The summed E-state index contributed by atoms with van der Waals surface area (Å²) in [5.41, 5.74) is 2.98. The van der Waals surface area contributed by atoms with Crippen molar-refractivity contribution in [3.8, 4) is 0 Å². The minimum absolute atomic E-state index is 0.160. The number of nitrogens with zero attached hydrogens (tertiary/aromatic N) is 6. The monoisotopic (exact) mass is 934 g/mol. The van der Waals surface area contributed by atoms with Gasteiger partial charge in [-0.2, -0.15) is 0 Å². The third-order valence-corrected chi connectivity index (χ3v) is 14.4. The van der Waals surface area contributed by atoms with Crippen LogP contribution in [0.25, 0.3) is 0 Å². The van der Waals surface area contributed by atoms with Crippen molar-refractivity contribution in [1.29, 1.82) is 0 Å². The van der Waals surface area contributed by atoms with Crippen molar-refractivity contribution >= 4 is 51.7 Å². The molecule has 2 amide bonds. The predicted molar refractivity (Wildman–Crippen MR) is 258 cm³/mol. The van der Waals surface area contributed by atoms with Crippen LogP contribution in [0.4, 0.5) is 42.9 Å². The lowest BCUT2D eigenvalue weighted by Gasteiger charge is -2.37. The van der Waals surface area contributed by atoms with Crippen LogP contribution in [0.5, 0.6) is 0 Å². The van der Waals surface area contributed by atoms with Gasteiger partial charge in [0.25, 0.3) is 23.2 Å². The molecule has 2 aliphatic carbocycles. The van der Waals surface area contributed by atoms with Crippen molar-refractivity contribution in [2.75, 3.05) is 72.8 Å². The Morgan fingerprint density at radius 3 is 1.25 bits per heavy atom. The Labute approximate surface area is 395 Å². The molecule has 4 aromatic carbocycles. The number of nitro groups is 2. The number of non-ortho nitro benzene ring substituents is 2. The van der Waals surface area contributed by atoms with E-state index < -0.39 is 33.3 Å².